The van der Waals surface area contributed by atoms with Crippen molar-refractivity contribution in [3.05, 3.63) is 110 Å². The van der Waals surface area contributed by atoms with E-state index < -0.39 is 0 Å². The molecule has 0 fully saturated rings. The summed E-state index contributed by atoms with van der Waals surface area (Å²) in [5, 5.41) is 8.38. The highest BCUT2D eigenvalue weighted by atomic mass is 79.9. The second-order valence-corrected chi connectivity index (χ2v) is 9.21. The Balaban J connectivity index is 1.41. The van der Waals surface area contributed by atoms with E-state index in [1.54, 1.807) is 16.8 Å². The number of hydrogen-bond acceptors (Lipinski definition) is 3. The SMILES string of the molecule is Cc1cc(NC(=O)c2cccc(COc3cccc(Br)c3)c2)nn1Cc1ccc(Cl)c(Cl)c1. The van der Waals surface area contributed by atoms with Crippen molar-refractivity contribution in [3.63, 3.8) is 0 Å². The van der Waals surface area contributed by atoms with Crippen LogP contribution in [0, 0.1) is 6.92 Å². The number of amides is 1. The molecule has 0 spiro atoms. The summed E-state index contributed by atoms with van der Waals surface area (Å²) in [6.45, 7) is 2.80. The van der Waals surface area contributed by atoms with Crippen molar-refractivity contribution in [3.8, 4) is 5.75 Å². The minimum absolute atomic E-state index is 0.238. The molecule has 0 aliphatic heterocycles. The van der Waals surface area contributed by atoms with E-state index in [0.29, 0.717) is 34.6 Å². The smallest absolute Gasteiger partial charge is 0.256 e. The van der Waals surface area contributed by atoms with Gasteiger partial charge < -0.3 is 10.1 Å². The molecule has 168 valence electrons. The van der Waals surface area contributed by atoms with E-state index in [-0.39, 0.29) is 5.91 Å². The Bertz CT molecular complexity index is 1310. The monoisotopic (exact) mass is 543 g/mol. The Hall–Kier alpha value is -2.80. The number of nitrogens with one attached hydrogen (secondary N) is 1. The van der Waals surface area contributed by atoms with E-state index in [0.717, 1.165) is 27.0 Å². The van der Waals surface area contributed by atoms with Gasteiger partial charge in [0.15, 0.2) is 5.82 Å². The number of aromatic nitrogens is 2. The van der Waals surface area contributed by atoms with Gasteiger partial charge >= 0.3 is 0 Å². The molecule has 1 N–H and O–H groups in total. The summed E-state index contributed by atoms with van der Waals surface area (Å²) in [4.78, 5) is 12.8. The molecular formula is C25H20BrCl2N3O2. The third-order valence-electron chi connectivity index (χ3n) is 4.93. The molecule has 0 bridgehead atoms. The lowest BCUT2D eigenvalue weighted by molar-refractivity contribution is 0.102. The summed E-state index contributed by atoms with van der Waals surface area (Å²) in [5.41, 5.74) is 3.30. The summed E-state index contributed by atoms with van der Waals surface area (Å²) in [5.74, 6) is 0.995. The van der Waals surface area contributed by atoms with Gasteiger partial charge in [-0.05, 0) is 60.5 Å². The number of nitrogens with zero attached hydrogens (tertiary/aromatic N) is 2. The Kier molecular flexibility index (Phi) is 7.38. The molecule has 0 saturated carbocycles. The highest BCUT2D eigenvalue weighted by molar-refractivity contribution is 9.10. The van der Waals surface area contributed by atoms with Gasteiger partial charge in [-0.2, -0.15) is 5.10 Å². The molecule has 1 amide bonds. The maximum atomic E-state index is 12.8. The van der Waals surface area contributed by atoms with E-state index in [2.05, 4.69) is 26.3 Å². The van der Waals surface area contributed by atoms with Gasteiger partial charge in [0.1, 0.15) is 12.4 Å². The molecule has 4 aromatic rings. The van der Waals surface area contributed by atoms with Gasteiger partial charge in [0.25, 0.3) is 5.91 Å². The molecule has 5 nitrogen and oxygen atoms in total. The zero-order valence-corrected chi connectivity index (χ0v) is 20.8. The standard InChI is InChI=1S/C25H20BrCl2N3O2/c1-16-10-24(30-31(16)14-17-8-9-22(27)23(28)12-17)29-25(32)19-5-2-4-18(11-19)15-33-21-7-3-6-20(26)13-21/h2-13H,14-15H2,1H3,(H,29,30,32). The Morgan fingerprint density at radius 3 is 2.61 bits per heavy atom. The number of carbonyl (C=O) groups excluding carboxylic acids is 1. The van der Waals surface area contributed by atoms with Crippen molar-refractivity contribution in [2.24, 2.45) is 0 Å². The van der Waals surface area contributed by atoms with Crippen LogP contribution in [-0.2, 0) is 13.2 Å². The van der Waals surface area contributed by atoms with E-state index in [1.165, 1.54) is 0 Å². The van der Waals surface area contributed by atoms with E-state index in [4.69, 9.17) is 27.9 Å². The minimum atomic E-state index is -0.238. The number of carbonyl (C=O) groups is 1. The lowest BCUT2D eigenvalue weighted by Crippen LogP contribution is -2.13. The summed E-state index contributed by atoms with van der Waals surface area (Å²) in [6.07, 6.45) is 0. The Labute approximate surface area is 210 Å². The summed E-state index contributed by atoms with van der Waals surface area (Å²) < 4.78 is 8.57. The first-order valence-corrected chi connectivity index (χ1v) is 11.7. The first-order valence-electron chi connectivity index (χ1n) is 10.1. The van der Waals surface area contributed by atoms with Crippen molar-refractivity contribution in [2.75, 3.05) is 5.32 Å². The molecule has 1 heterocycles. The molecule has 4 rings (SSSR count). The van der Waals surface area contributed by atoms with Crippen molar-refractivity contribution in [1.82, 2.24) is 9.78 Å². The molecule has 1 aromatic heterocycles. The predicted molar refractivity (Wildman–Crippen MR) is 135 cm³/mol. The van der Waals surface area contributed by atoms with Crippen molar-refractivity contribution >= 4 is 50.9 Å². The maximum Gasteiger partial charge on any atom is 0.256 e. The zero-order valence-electron chi connectivity index (χ0n) is 17.7. The van der Waals surface area contributed by atoms with Crippen molar-refractivity contribution in [2.45, 2.75) is 20.1 Å². The van der Waals surface area contributed by atoms with Gasteiger partial charge in [0.05, 0.1) is 16.6 Å². The van der Waals surface area contributed by atoms with Crippen LogP contribution < -0.4 is 10.1 Å². The number of halogens is 3. The number of benzene rings is 3. The van der Waals surface area contributed by atoms with Gasteiger partial charge in [-0.1, -0.05) is 63.4 Å². The van der Waals surface area contributed by atoms with Crippen molar-refractivity contribution in [1.29, 1.82) is 0 Å². The van der Waals surface area contributed by atoms with Crippen molar-refractivity contribution < 1.29 is 9.53 Å². The van der Waals surface area contributed by atoms with Gasteiger partial charge in [-0.3, -0.25) is 9.48 Å². The number of aryl methyl sites for hydroxylation is 1. The number of ether oxygens (including phenoxy) is 1. The number of rotatable bonds is 7. The third-order valence-corrected chi connectivity index (χ3v) is 6.16. The van der Waals surface area contributed by atoms with Crippen LogP contribution in [0.5, 0.6) is 5.75 Å². The Morgan fingerprint density at radius 2 is 1.82 bits per heavy atom. The average Bonchev–Trinajstić information content (AvgIpc) is 3.13. The minimum Gasteiger partial charge on any atom is -0.489 e. The predicted octanol–water partition coefficient (Wildman–Crippen LogP) is 7.14. The summed E-state index contributed by atoms with van der Waals surface area (Å²) in [6, 6.07) is 22.3. The zero-order chi connectivity index (χ0) is 23.4. The molecule has 0 atom stereocenters. The van der Waals surface area contributed by atoms with Crippen LogP contribution in [0.4, 0.5) is 5.82 Å². The van der Waals surface area contributed by atoms with Crippen LogP contribution in [0.1, 0.15) is 27.2 Å². The fourth-order valence-corrected chi connectivity index (χ4v) is 3.96. The van der Waals surface area contributed by atoms with Crippen LogP contribution in [0.25, 0.3) is 0 Å². The molecular weight excluding hydrogens is 525 g/mol. The molecule has 3 aromatic carbocycles. The Morgan fingerprint density at radius 1 is 1.00 bits per heavy atom. The van der Waals surface area contributed by atoms with E-state index in [9.17, 15) is 4.79 Å². The van der Waals surface area contributed by atoms with E-state index in [1.807, 2.05) is 67.6 Å². The maximum absolute atomic E-state index is 12.8. The van der Waals surface area contributed by atoms with Crippen LogP contribution >= 0.6 is 39.1 Å². The lowest BCUT2D eigenvalue weighted by Gasteiger charge is -2.08. The topological polar surface area (TPSA) is 56.1 Å². The normalized spacial score (nSPS) is 10.8. The summed E-state index contributed by atoms with van der Waals surface area (Å²) in [7, 11) is 0. The largest absolute Gasteiger partial charge is 0.489 e. The number of anilines is 1. The number of hydrogen-bond donors (Lipinski definition) is 1. The first-order chi connectivity index (χ1) is 15.9. The van der Waals surface area contributed by atoms with E-state index >= 15 is 0 Å². The second-order valence-electron chi connectivity index (χ2n) is 7.48. The molecule has 33 heavy (non-hydrogen) atoms. The fraction of sp³-hybridized carbons (Fsp3) is 0.120. The summed E-state index contributed by atoms with van der Waals surface area (Å²) >= 11 is 15.5. The highest BCUT2D eigenvalue weighted by Crippen LogP contribution is 2.24. The molecule has 0 unspecified atom stereocenters. The average molecular weight is 545 g/mol. The van der Waals surface area contributed by atoms with Gasteiger partial charge in [0, 0.05) is 21.8 Å². The van der Waals surface area contributed by atoms with Gasteiger partial charge in [0.2, 0.25) is 0 Å². The first kappa shape index (κ1) is 23.4. The third kappa shape index (κ3) is 6.16. The van der Waals surface area contributed by atoms with Gasteiger partial charge in [-0.15, -0.1) is 0 Å². The molecule has 0 radical (unpaired) electrons. The molecule has 8 heteroatoms. The fourth-order valence-electron chi connectivity index (χ4n) is 3.26. The van der Waals surface area contributed by atoms with Crippen LogP contribution in [-0.4, -0.2) is 15.7 Å². The lowest BCUT2D eigenvalue weighted by atomic mass is 10.1. The van der Waals surface area contributed by atoms with Crippen LogP contribution in [0.2, 0.25) is 10.0 Å². The van der Waals surface area contributed by atoms with Gasteiger partial charge in [-0.25, -0.2) is 0 Å². The van der Waals surface area contributed by atoms with Crippen LogP contribution in [0.15, 0.2) is 77.3 Å². The highest BCUT2D eigenvalue weighted by Gasteiger charge is 2.12. The quantitative estimate of drug-likeness (QED) is 0.269. The van der Waals surface area contributed by atoms with Crippen LogP contribution in [0.3, 0.4) is 0 Å². The second kappa shape index (κ2) is 10.4. The molecule has 0 aliphatic carbocycles. The molecule has 0 saturated heterocycles. The molecule has 0 aliphatic rings.